The number of nitrogens with two attached hydrogens (primary N) is 2. The van der Waals surface area contributed by atoms with Crippen LogP contribution in [0.25, 0.3) is 21.5 Å². The molecule has 0 unspecified atom stereocenters. The number of terminal acetylenes is 1. The minimum Gasteiger partial charge on any atom is -0.382 e. The van der Waals surface area contributed by atoms with Crippen molar-refractivity contribution >= 4 is 33.3 Å². The van der Waals surface area contributed by atoms with Crippen LogP contribution in [0.1, 0.15) is 16.1 Å². The molecule has 0 aliphatic carbocycles. The van der Waals surface area contributed by atoms with Gasteiger partial charge in [-0.1, -0.05) is 5.92 Å². The fraction of sp³-hybridized carbons (Fsp3) is 0. The first-order valence-corrected chi connectivity index (χ1v) is 6.74. The van der Waals surface area contributed by atoms with Gasteiger partial charge in [0.05, 0.1) is 27.6 Å². The molecule has 7 heteroatoms. The van der Waals surface area contributed by atoms with Crippen molar-refractivity contribution < 1.29 is 4.79 Å². The third-order valence-electron chi connectivity index (χ3n) is 2.91. The van der Waals surface area contributed by atoms with Gasteiger partial charge in [0.2, 0.25) is 0 Å². The van der Waals surface area contributed by atoms with Crippen molar-refractivity contribution in [2.24, 2.45) is 5.73 Å². The summed E-state index contributed by atoms with van der Waals surface area (Å²) in [7, 11) is 0. The number of primary amides is 1. The van der Waals surface area contributed by atoms with Gasteiger partial charge in [-0.3, -0.25) is 4.79 Å². The molecule has 6 nitrogen and oxygen atoms in total. The van der Waals surface area contributed by atoms with E-state index in [1.165, 1.54) is 17.5 Å². The third-order valence-corrected chi connectivity index (χ3v) is 3.69. The van der Waals surface area contributed by atoms with Crippen molar-refractivity contribution in [3.8, 4) is 23.6 Å². The summed E-state index contributed by atoms with van der Waals surface area (Å²) in [6.07, 6.45) is 6.93. The lowest BCUT2D eigenvalue weighted by Gasteiger charge is -2.06. The van der Waals surface area contributed by atoms with Crippen LogP contribution in [0.2, 0.25) is 0 Å². The first-order chi connectivity index (χ1) is 10.1. The number of hydrogen-bond acceptors (Lipinski definition) is 6. The lowest BCUT2D eigenvalue weighted by Crippen LogP contribution is -2.17. The minimum atomic E-state index is -0.732. The van der Waals surface area contributed by atoms with Crippen molar-refractivity contribution in [1.29, 1.82) is 0 Å². The van der Waals surface area contributed by atoms with Gasteiger partial charge in [0.1, 0.15) is 0 Å². The monoisotopic (exact) mass is 295 g/mol. The number of fused-ring (bicyclic) bond motifs is 1. The number of rotatable bonds is 2. The third kappa shape index (κ3) is 2.17. The molecule has 0 atom stereocenters. The maximum atomic E-state index is 11.3. The van der Waals surface area contributed by atoms with E-state index >= 15 is 0 Å². The van der Waals surface area contributed by atoms with E-state index in [1.807, 2.05) is 6.07 Å². The predicted octanol–water partition coefficient (Wildman–Crippen LogP) is 1.42. The Kier molecular flexibility index (Phi) is 3.01. The lowest BCUT2D eigenvalue weighted by molar-refractivity contribution is 0.0996. The van der Waals surface area contributed by atoms with Crippen molar-refractivity contribution in [2.75, 3.05) is 5.73 Å². The highest BCUT2D eigenvalue weighted by molar-refractivity contribution is 7.16. The normalized spacial score (nSPS) is 10.4. The molecular weight excluding hydrogens is 286 g/mol. The van der Waals surface area contributed by atoms with Crippen LogP contribution in [0.5, 0.6) is 0 Å². The maximum Gasteiger partial charge on any atom is 0.271 e. The van der Waals surface area contributed by atoms with Crippen molar-refractivity contribution in [1.82, 2.24) is 15.0 Å². The smallest absolute Gasteiger partial charge is 0.271 e. The second-order valence-electron chi connectivity index (χ2n) is 4.22. The zero-order chi connectivity index (χ0) is 15.0. The number of hydrogen-bond donors (Lipinski definition) is 2. The molecule has 0 saturated carbocycles. The van der Waals surface area contributed by atoms with E-state index in [0.29, 0.717) is 16.8 Å². The molecule has 0 saturated heterocycles. The van der Waals surface area contributed by atoms with Gasteiger partial charge in [-0.15, -0.1) is 17.8 Å². The summed E-state index contributed by atoms with van der Waals surface area (Å²) < 4.78 is 0.930. The molecular formula is C14H9N5OS. The maximum absolute atomic E-state index is 11.3. The highest BCUT2D eigenvalue weighted by Gasteiger charge is 2.15. The quantitative estimate of drug-likeness (QED) is 0.695. The number of aromatic nitrogens is 3. The average Bonchev–Trinajstić information content (AvgIpc) is 2.94. The zero-order valence-corrected chi connectivity index (χ0v) is 11.5. The summed E-state index contributed by atoms with van der Waals surface area (Å²) in [5, 5.41) is 0. The second kappa shape index (κ2) is 4.85. The van der Waals surface area contributed by atoms with E-state index < -0.39 is 5.91 Å². The SMILES string of the molecule is C#Cc1cc(-c2cnc(N)c(C(N)=O)n2)c2ncsc2c1. The lowest BCUT2D eigenvalue weighted by atomic mass is 10.1. The number of anilines is 1. The summed E-state index contributed by atoms with van der Waals surface area (Å²) in [6, 6.07) is 3.64. The molecule has 0 spiro atoms. The Hall–Kier alpha value is -2.98. The topological polar surface area (TPSA) is 108 Å². The van der Waals surface area contributed by atoms with Gasteiger partial charge in [0.15, 0.2) is 11.5 Å². The number of carbonyl (C=O) groups is 1. The number of nitrogen functional groups attached to an aromatic ring is 1. The second-order valence-corrected chi connectivity index (χ2v) is 5.11. The van der Waals surface area contributed by atoms with Gasteiger partial charge in [0, 0.05) is 11.1 Å². The van der Waals surface area contributed by atoms with E-state index in [1.54, 1.807) is 11.6 Å². The van der Waals surface area contributed by atoms with Gasteiger partial charge < -0.3 is 11.5 Å². The molecule has 21 heavy (non-hydrogen) atoms. The highest BCUT2D eigenvalue weighted by atomic mass is 32.1. The predicted molar refractivity (Wildman–Crippen MR) is 81.5 cm³/mol. The van der Waals surface area contributed by atoms with Crippen LogP contribution in [0.15, 0.2) is 23.8 Å². The van der Waals surface area contributed by atoms with Gasteiger partial charge >= 0.3 is 0 Å². The average molecular weight is 295 g/mol. The Labute approximate surface area is 123 Å². The number of amides is 1. The Morgan fingerprint density at radius 2 is 2.14 bits per heavy atom. The van der Waals surface area contributed by atoms with E-state index in [-0.39, 0.29) is 11.5 Å². The molecule has 102 valence electrons. The van der Waals surface area contributed by atoms with Gasteiger partial charge in [0.25, 0.3) is 5.91 Å². The molecule has 0 aliphatic rings. The van der Waals surface area contributed by atoms with Gasteiger partial charge in [-0.2, -0.15) is 0 Å². The summed E-state index contributed by atoms with van der Waals surface area (Å²) in [5.74, 6) is 1.84. The van der Waals surface area contributed by atoms with Crippen LogP contribution < -0.4 is 11.5 Å². The fourth-order valence-electron chi connectivity index (χ4n) is 1.95. The number of thiazole rings is 1. The molecule has 1 aromatic carbocycles. The summed E-state index contributed by atoms with van der Waals surface area (Å²) in [6.45, 7) is 0. The molecule has 3 aromatic rings. The van der Waals surface area contributed by atoms with Crippen molar-refractivity contribution in [3.05, 3.63) is 35.1 Å². The van der Waals surface area contributed by atoms with Crippen LogP contribution in [0, 0.1) is 12.3 Å². The van der Waals surface area contributed by atoms with E-state index in [2.05, 4.69) is 20.9 Å². The molecule has 2 heterocycles. The number of benzene rings is 1. The summed E-state index contributed by atoms with van der Waals surface area (Å²) in [4.78, 5) is 23.8. The standard InChI is InChI=1S/C14H9N5OS/c1-2-7-3-8(11-10(4-7)21-6-18-11)9-5-17-13(15)12(19-9)14(16)20/h1,3-6H,(H2,15,17)(H2,16,20). The Morgan fingerprint density at radius 1 is 1.33 bits per heavy atom. The number of carbonyl (C=O) groups excluding carboxylic acids is 1. The molecule has 0 aliphatic heterocycles. The van der Waals surface area contributed by atoms with Crippen LogP contribution >= 0.6 is 11.3 Å². The van der Waals surface area contributed by atoms with Gasteiger partial charge in [-0.05, 0) is 12.1 Å². The van der Waals surface area contributed by atoms with Crippen LogP contribution in [0.3, 0.4) is 0 Å². The molecule has 0 radical (unpaired) electrons. The Balaban J connectivity index is 2.30. The Morgan fingerprint density at radius 3 is 2.86 bits per heavy atom. The van der Waals surface area contributed by atoms with Gasteiger partial charge in [-0.25, -0.2) is 15.0 Å². The molecule has 3 rings (SSSR count). The Bertz CT molecular complexity index is 909. The first-order valence-electron chi connectivity index (χ1n) is 5.86. The first kappa shape index (κ1) is 13.0. The molecule has 0 fully saturated rings. The molecule has 2 aromatic heterocycles. The van der Waals surface area contributed by atoms with E-state index in [9.17, 15) is 4.79 Å². The molecule has 0 bridgehead atoms. The minimum absolute atomic E-state index is 0.00567. The largest absolute Gasteiger partial charge is 0.382 e. The van der Waals surface area contributed by atoms with Crippen molar-refractivity contribution in [3.63, 3.8) is 0 Å². The van der Waals surface area contributed by atoms with E-state index in [4.69, 9.17) is 17.9 Å². The highest BCUT2D eigenvalue weighted by Crippen LogP contribution is 2.30. The van der Waals surface area contributed by atoms with E-state index in [0.717, 1.165) is 10.2 Å². The van der Waals surface area contributed by atoms with Crippen LogP contribution in [0.4, 0.5) is 5.82 Å². The fourth-order valence-corrected chi connectivity index (χ4v) is 2.70. The van der Waals surface area contributed by atoms with Crippen LogP contribution in [-0.2, 0) is 0 Å². The molecule has 4 N–H and O–H groups in total. The summed E-state index contributed by atoms with van der Waals surface area (Å²) >= 11 is 1.47. The molecule has 1 amide bonds. The zero-order valence-electron chi connectivity index (χ0n) is 10.7. The summed E-state index contributed by atoms with van der Waals surface area (Å²) in [5.41, 5.74) is 15.1. The van der Waals surface area contributed by atoms with Crippen LogP contribution in [-0.4, -0.2) is 20.9 Å². The van der Waals surface area contributed by atoms with Crippen molar-refractivity contribution in [2.45, 2.75) is 0 Å². The number of nitrogens with zero attached hydrogens (tertiary/aromatic N) is 3.